The summed E-state index contributed by atoms with van der Waals surface area (Å²) in [7, 11) is 0. The van der Waals surface area contributed by atoms with Gasteiger partial charge in [-0.3, -0.25) is 4.79 Å². The minimum atomic E-state index is 0.0247. The van der Waals surface area contributed by atoms with E-state index in [1.807, 2.05) is 12.1 Å². The molecule has 1 N–H and O–H groups in total. The zero-order chi connectivity index (χ0) is 15.0. The molecule has 21 heavy (non-hydrogen) atoms. The molecule has 1 unspecified atom stereocenters. The van der Waals surface area contributed by atoms with Crippen LogP contribution in [0.15, 0.2) is 36.4 Å². The van der Waals surface area contributed by atoms with Gasteiger partial charge in [-0.25, -0.2) is 0 Å². The number of hydrogen-bond acceptors (Lipinski definition) is 1. The second-order valence-corrected chi connectivity index (χ2v) is 6.54. The van der Waals surface area contributed by atoms with Crippen LogP contribution in [0.4, 0.5) is 5.69 Å². The van der Waals surface area contributed by atoms with Crippen LogP contribution in [0.2, 0.25) is 5.02 Å². The molecule has 2 nitrogen and oxygen atoms in total. The average Bonchev–Trinajstić information content (AvgIpc) is 2.85. The molecule has 0 bridgehead atoms. The second kappa shape index (κ2) is 5.82. The van der Waals surface area contributed by atoms with Crippen LogP contribution in [-0.4, -0.2) is 5.91 Å². The van der Waals surface area contributed by atoms with Crippen LogP contribution in [0, 0.1) is 0 Å². The Morgan fingerprint density at radius 2 is 2.00 bits per heavy atom. The first-order valence-electron chi connectivity index (χ1n) is 6.93. The molecule has 0 aliphatic carbocycles. The minimum absolute atomic E-state index is 0.0247. The smallest absolute Gasteiger partial charge is 0.228 e. The van der Waals surface area contributed by atoms with E-state index < -0.39 is 0 Å². The quantitative estimate of drug-likeness (QED) is 0.773. The molecule has 2 aromatic carbocycles. The predicted molar refractivity (Wildman–Crippen MR) is 90.4 cm³/mol. The summed E-state index contributed by atoms with van der Waals surface area (Å²) in [5, 5.41) is 3.48. The number of rotatable bonds is 3. The molecule has 2 aromatic rings. The van der Waals surface area contributed by atoms with Crippen molar-refractivity contribution in [2.24, 2.45) is 0 Å². The zero-order valence-corrected chi connectivity index (χ0v) is 14.0. The molecule has 1 aliphatic heterocycles. The molecule has 0 saturated heterocycles. The first-order valence-corrected chi connectivity index (χ1v) is 8.23. The number of carbonyl (C=O) groups excluding carboxylic acids is 1. The van der Waals surface area contributed by atoms with Crippen molar-refractivity contribution in [3.05, 3.63) is 63.7 Å². The summed E-state index contributed by atoms with van der Waals surface area (Å²) in [5.41, 5.74) is 5.31. The summed E-state index contributed by atoms with van der Waals surface area (Å²) in [4.78, 5) is 11.5. The zero-order valence-electron chi connectivity index (χ0n) is 11.6. The highest BCUT2D eigenvalue weighted by molar-refractivity contribution is 9.09. The molecular formula is C17H15BrClNO. The van der Waals surface area contributed by atoms with Gasteiger partial charge in [0.25, 0.3) is 0 Å². The lowest BCUT2D eigenvalue weighted by atomic mass is 10.00. The fourth-order valence-electron chi connectivity index (χ4n) is 2.56. The maximum Gasteiger partial charge on any atom is 0.228 e. The van der Waals surface area contributed by atoms with E-state index in [2.05, 4.69) is 52.4 Å². The summed E-state index contributed by atoms with van der Waals surface area (Å²) in [5.74, 6) is 0.0247. The average molecular weight is 365 g/mol. The van der Waals surface area contributed by atoms with Gasteiger partial charge in [0, 0.05) is 10.7 Å². The number of aryl methyl sites for hydroxylation is 1. The van der Waals surface area contributed by atoms with E-state index in [1.165, 1.54) is 5.56 Å². The van der Waals surface area contributed by atoms with Gasteiger partial charge in [-0.05, 0) is 34.7 Å². The highest BCUT2D eigenvalue weighted by atomic mass is 79.9. The molecule has 1 amide bonds. The topological polar surface area (TPSA) is 29.1 Å². The molecule has 1 atom stereocenters. The Balaban J connectivity index is 1.96. The number of alkyl halides is 1. The highest BCUT2D eigenvalue weighted by Gasteiger charge is 2.22. The predicted octanol–water partition coefficient (Wildman–Crippen LogP) is 4.88. The van der Waals surface area contributed by atoms with Gasteiger partial charge in [-0.1, -0.05) is 64.8 Å². The van der Waals surface area contributed by atoms with Gasteiger partial charge >= 0.3 is 0 Å². The van der Waals surface area contributed by atoms with Crippen LogP contribution in [0.25, 0.3) is 0 Å². The molecule has 0 spiro atoms. The van der Waals surface area contributed by atoms with E-state index in [0.29, 0.717) is 11.4 Å². The van der Waals surface area contributed by atoms with Gasteiger partial charge in [-0.15, -0.1) is 0 Å². The third-order valence-corrected chi connectivity index (χ3v) is 5.15. The molecule has 108 valence electrons. The molecule has 1 aliphatic rings. The standard InChI is InChI=1S/C17H15BrClNO/c1-2-10-3-5-11(6-4-10)17(18)13-7-12-8-16(21)20-15(12)9-14(13)19/h3-7,9,17H,2,8H2,1H3,(H,20,21). The Labute approximate surface area is 137 Å². The first-order chi connectivity index (χ1) is 10.1. The van der Waals surface area contributed by atoms with E-state index in [9.17, 15) is 4.79 Å². The van der Waals surface area contributed by atoms with E-state index in [-0.39, 0.29) is 10.7 Å². The summed E-state index contributed by atoms with van der Waals surface area (Å²) < 4.78 is 0. The van der Waals surface area contributed by atoms with Crippen molar-refractivity contribution in [2.75, 3.05) is 5.32 Å². The first kappa shape index (κ1) is 14.6. The van der Waals surface area contributed by atoms with Crippen LogP contribution in [0.5, 0.6) is 0 Å². The van der Waals surface area contributed by atoms with Crippen molar-refractivity contribution in [1.29, 1.82) is 0 Å². The maximum atomic E-state index is 11.5. The fourth-order valence-corrected chi connectivity index (χ4v) is 3.65. The highest BCUT2D eigenvalue weighted by Crippen LogP contribution is 2.39. The number of nitrogens with one attached hydrogen (secondary N) is 1. The number of carbonyl (C=O) groups is 1. The summed E-state index contributed by atoms with van der Waals surface area (Å²) in [6.45, 7) is 2.14. The summed E-state index contributed by atoms with van der Waals surface area (Å²) in [6, 6.07) is 12.4. The van der Waals surface area contributed by atoms with Crippen molar-refractivity contribution in [1.82, 2.24) is 0 Å². The van der Waals surface area contributed by atoms with Crippen molar-refractivity contribution in [3.63, 3.8) is 0 Å². The summed E-state index contributed by atoms with van der Waals surface area (Å²) in [6.07, 6.45) is 1.45. The molecule has 0 radical (unpaired) electrons. The molecule has 0 fully saturated rings. The molecule has 0 saturated carbocycles. The van der Waals surface area contributed by atoms with Gasteiger partial charge in [0.2, 0.25) is 5.91 Å². The number of amides is 1. The number of anilines is 1. The lowest BCUT2D eigenvalue weighted by Crippen LogP contribution is -2.03. The SMILES string of the molecule is CCc1ccc(C(Br)c2cc3c(cc2Cl)NC(=O)C3)cc1. The summed E-state index contributed by atoms with van der Waals surface area (Å²) >= 11 is 10.1. The Hall–Kier alpha value is -1.32. The van der Waals surface area contributed by atoms with Crippen LogP contribution >= 0.6 is 27.5 Å². The van der Waals surface area contributed by atoms with Crippen LogP contribution in [0.1, 0.15) is 34.0 Å². The largest absolute Gasteiger partial charge is 0.325 e. The van der Waals surface area contributed by atoms with E-state index in [4.69, 9.17) is 11.6 Å². The van der Waals surface area contributed by atoms with Gasteiger partial charge in [0.15, 0.2) is 0 Å². The molecule has 1 heterocycles. The Morgan fingerprint density at radius 1 is 1.29 bits per heavy atom. The Bertz CT molecular complexity index is 697. The third-order valence-electron chi connectivity index (χ3n) is 3.80. The Kier molecular flexibility index (Phi) is 4.05. The van der Waals surface area contributed by atoms with Crippen molar-refractivity contribution >= 4 is 39.1 Å². The van der Waals surface area contributed by atoms with Gasteiger partial charge in [-0.2, -0.15) is 0 Å². The number of benzene rings is 2. The molecule has 0 aromatic heterocycles. The number of halogens is 2. The monoisotopic (exact) mass is 363 g/mol. The fraction of sp³-hybridized carbons (Fsp3) is 0.235. The normalized spacial score (nSPS) is 14.7. The lowest BCUT2D eigenvalue weighted by molar-refractivity contribution is -0.115. The van der Waals surface area contributed by atoms with Gasteiger partial charge < -0.3 is 5.32 Å². The number of fused-ring (bicyclic) bond motifs is 1. The van der Waals surface area contributed by atoms with Crippen molar-refractivity contribution in [2.45, 2.75) is 24.6 Å². The van der Waals surface area contributed by atoms with Crippen molar-refractivity contribution in [3.8, 4) is 0 Å². The van der Waals surface area contributed by atoms with Crippen LogP contribution in [0.3, 0.4) is 0 Å². The van der Waals surface area contributed by atoms with E-state index >= 15 is 0 Å². The minimum Gasteiger partial charge on any atom is -0.325 e. The molecule has 3 rings (SSSR count). The molecular weight excluding hydrogens is 350 g/mol. The number of hydrogen-bond donors (Lipinski definition) is 1. The van der Waals surface area contributed by atoms with Gasteiger partial charge in [0.05, 0.1) is 11.2 Å². The van der Waals surface area contributed by atoms with Crippen LogP contribution in [-0.2, 0) is 17.6 Å². The van der Waals surface area contributed by atoms with Crippen LogP contribution < -0.4 is 5.32 Å². The lowest BCUT2D eigenvalue weighted by Gasteiger charge is -2.14. The van der Waals surface area contributed by atoms with Gasteiger partial charge in [0.1, 0.15) is 0 Å². The second-order valence-electron chi connectivity index (χ2n) is 5.21. The third kappa shape index (κ3) is 2.85. The van der Waals surface area contributed by atoms with E-state index in [0.717, 1.165) is 28.8 Å². The van der Waals surface area contributed by atoms with Crippen molar-refractivity contribution < 1.29 is 4.79 Å². The Morgan fingerprint density at radius 3 is 2.67 bits per heavy atom. The maximum absolute atomic E-state index is 11.5. The molecule has 4 heteroatoms. The van der Waals surface area contributed by atoms with E-state index in [1.54, 1.807) is 0 Å².